The van der Waals surface area contributed by atoms with Crippen molar-refractivity contribution >= 4 is 11.9 Å². The largest absolute Gasteiger partial charge is 0.462 e. The molecule has 5 aliphatic rings. The minimum absolute atomic E-state index is 0.0139. The molecule has 0 aromatic carbocycles. The van der Waals surface area contributed by atoms with Gasteiger partial charge >= 0.3 is 11.9 Å². The molecule has 1 N–H and O–H groups in total. The van der Waals surface area contributed by atoms with Gasteiger partial charge in [0.15, 0.2) is 0 Å². The van der Waals surface area contributed by atoms with Crippen LogP contribution in [0.2, 0.25) is 0 Å². The highest BCUT2D eigenvalue weighted by molar-refractivity contribution is 5.67. The van der Waals surface area contributed by atoms with Crippen molar-refractivity contribution in [3.05, 3.63) is 11.8 Å². The molecule has 4 saturated carbocycles. The van der Waals surface area contributed by atoms with Crippen LogP contribution >= 0.6 is 0 Å². The van der Waals surface area contributed by atoms with E-state index in [1.54, 1.807) is 6.26 Å². The summed E-state index contributed by atoms with van der Waals surface area (Å²) in [7, 11) is 0. The molecule has 196 valence electrons. The second-order valence-corrected chi connectivity index (χ2v) is 13.7. The van der Waals surface area contributed by atoms with Gasteiger partial charge in [0.2, 0.25) is 0 Å². The topological polar surface area (TPSA) is 82.1 Å². The number of hydrogen-bond acceptors (Lipinski definition) is 6. The first-order valence-electron chi connectivity index (χ1n) is 13.6. The Bertz CT molecular complexity index is 939. The van der Waals surface area contributed by atoms with Crippen LogP contribution < -0.4 is 0 Å². The quantitative estimate of drug-likeness (QED) is 0.526. The molecule has 10 atom stereocenters. The first-order chi connectivity index (χ1) is 16.2. The van der Waals surface area contributed by atoms with Crippen molar-refractivity contribution in [3.63, 3.8) is 0 Å². The lowest BCUT2D eigenvalue weighted by molar-refractivity contribution is -0.262. The van der Waals surface area contributed by atoms with Gasteiger partial charge in [-0.05, 0) is 72.5 Å². The number of carbonyl (C=O) groups excluding carboxylic acids is 2. The fourth-order valence-corrected chi connectivity index (χ4v) is 10.3. The Morgan fingerprint density at radius 1 is 0.914 bits per heavy atom. The van der Waals surface area contributed by atoms with Gasteiger partial charge in [0.05, 0.1) is 18.3 Å². The molecule has 0 unspecified atom stereocenters. The molecule has 0 aromatic heterocycles. The third-order valence-corrected chi connectivity index (χ3v) is 11.6. The van der Waals surface area contributed by atoms with Crippen molar-refractivity contribution in [1.29, 1.82) is 0 Å². The molecule has 6 heteroatoms. The highest BCUT2D eigenvalue weighted by atomic mass is 16.7. The maximum absolute atomic E-state index is 12.1. The van der Waals surface area contributed by atoms with E-state index in [0.29, 0.717) is 23.7 Å². The minimum Gasteiger partial charge on any atom is -0.462 e. The zero-order chi connectivity index (χ0) is 25.6. The van der Waals surface area contributed by atoms with Gasteiger partial charge in [0.25, 0.3) is 6.29 Å². The second kappa shape index (κ2) is 7.97. The van der Waals surface area contributed by atoms with Gasteiger partial charge in [0, 0.05) is 24.8 Å². The predicted octanol–water partition coefficient (Wildman–Crippen LogP) is 5.38. The van der Waals surface area contributed by atoms with E-state index < -0.39 is 29.9 Å². The summed E-state index contributed by atoms with van der Waals surface area (Å²) in [6.45, 7) is 14.8. The van der Waals surface area contributed by atoms with Crippen LogP contribution in [0, 0.1) is 45.3 Å². The van der Waals surface area contributed by atoms with Crippen molar-refractivity contribution in [2.45, 2.75) is 112 Å². The Hall–Kier alpha value is -1.56. The number of ether oxygens (including phenoxy) is 3. The average molecular weight is 489 g/mol. The van der Waals surface area contributed by atoms with Gasteiger partial charge < -0.3 is 19.3 Å². The van der Waals surface area contributed by atoms with Crippen molar-refractivity contribution in [3.8, 4) is 0 Å². The Labute approximate surface area is 210 Å². The molecule has 0 aromatic rings. The summed E-state index contributed by atoms with van der Waals surface area (Å²) in [6.07, 6.45) is 7.26. The Balaban J connectivity index is 1.59. The summed E-state index contributed by atoms with van der Waals surface area (Å²) >= 11 is 0. The SMILES string of the molecule is CC(=O)O[C@@H]1OC=C2[C@@H](OC(C)=O)C[C@@H]3[C@]4(C)CC[C@@H]5C(C)(C)CCC[C@]5(C)[C@@H]4C[C@@H](O)[C@]3(C)[C@H]21. The van der Waals surface area contributed by atoms with Gasteiger partial charge in [-0.25, -0.2) is 0 Å². The molecule has 6 nitrogen and oxygen atoms in total. The van der Waals surface area contributed by atoms with E-state index in [4.69, 9.17) is 14.2 Å². The summed E-state index contributed by atoms with van der Waals surface area (Å²) in [6, 6.07) is 0. The molecule has 4 aliphatic carbocycles. The van der Waals surface area contributed by atoms with Gasteiger partial charge in [-0.2, -0.15) is 0 Å². The lowest BCUT2D eigenvalue weighted by atomic mass is 9.34. The summed E-state index contributed by atoms with van der Waals surface area (Å²) in [5, 5.41) is 12.0. The predicted molar refractivity (Wildman–Crippen MR) is 131 cm³/mol. The summed E-state index contributed by atoms with van der Waals surface area (Å²) in [4.78, 5) is 24.1. The van der Waals surface area contributed by atoms with E-state index in [2.05, 4.69) is 34.6 Å². The zero-order valence-electron chi connectivity index (χ0n) is 22.6. The van der Waals surface area contributed by atoms with Gasteiger partial charge in [0.1, 0.15) is 6.10 Å². The number of carbonyl (C=O) groups is 2. The molecular formula is C29H44O6. The standard InChI is InChI=1S/C29H44O6/c1-16(30)34-19-13-22-28(6)12-9-20-26(3,4)10-8-11-27(20,5)21(28)14-23(32)29(22,7)24-18(19)15-33-25(24)35-17(2)31/h15,19-25,32H,8-14H2,1-7H3/t19-,20+,21-,22+,23+,24+,25-,27-,28+,29+/m0/s1. The number of esters is 2. The molecule has 4 fully saturated rings. The Morgan fingerprint density at radius 2 is 1.57 bits per heavy atom. The molecule has 0 radical (unpaired) electrons. The number of aliphatic hydroxyl groups is 1. The maximum Gasteiger partial charge on any atom is 0.305 e. The van der Waals surface area contributed by atoms with E-state index in [-0.39, 0.29) is 28.6 Å². The lowest BCUT2D eigenvalue weighted by Gasteiger charge is -2.71. The Morgan fingerprint density at radius 3 is 2.23 bits per heavy atom. The first kappa shape index (κ1) is 25.1. The van der Waals surface area contributed by atoms with Crippen LogP contribution in [0.3, 0.4) is 0 Å². The van der Waals surface area contributed by atoms with E-state index in [1.165, 1.54) is 39.5 Å². The van der Waals surface area contributed by atoms with Crippen molar-refractivity contribution in [2.75, 3.05) is 0 Å². The molecule has 1 heterocycles. The summed E-state index contributed by atoms with van der Waals surface area (Å²) in [5.41, 5.74) is 0.760. The molecule has 35 heavy (non-hydrogen) atoms. The number of aliphatic hydroxyl groups excluding tert-OH is 1. The number of rotatable bonds is 2. The van der Waals surface area contributed by atoms with Crippen molar-refractivity contribution in [1.82, 2.24) is 0 Å². The van der Waals surface area contributed by atoms with Crippen LogP contribution in [0.1, 0.15) is 93.4 Å². The zero-order valence-corrected chi connectivity index (χ0v) is 22.6. The third kappa shape index (κ3) is 3.44. The fraction of sp³-hybridized carbons (Fsp3) is 0.862. The molecule has 0 bridgehead atoms. The average Bonchev–Trinajstić information content (AvgIpc) is 3.15. The van der Waals surface area contributed by atoms with Crippen molar-refractivity contribution < 1.29 is 28.9 Å². The van der Waals surface area contributed by atoms with E-state index in [9.17, 15) is 14.7 Å². The molecule has 5 rings (SSSR count). The smallest absolute Gasteiger partial charge is 0.305 e. The molecule has 0 spiro atoms. The first-order valence-corrected chi connectivity index (χ1v) is 13.6. The van der Waals surface area contributed by atoms with Crippen LogP contribution in [-0.2, 0) is 23.8 Å². The van der Waals surface area contributed by atoms with E-state index in [0.717, 1.165) is 18.4 Å². The monoisotopic (exact) mass is 488 g/mol. The van der Waals surface area contributed by atoms with Gasteiger partial charge in [-0.15, -0.1) is 0 Å². The molecule has 1 aliphatic heterocycles. The maximum atomic E-state index is 12.1. The highest BCUT2D eigenvalue weighted by Gasteiger charge is 2.71. The van der Waals surface area contributed by atoms with Crippen LogP contribution in [0.15, 0.2) is 11.8 Å². The fourth-order valence-electron chi connectivity index (χ4n) is 10.3. The van der Waals surface area contributed by atoms with E-state index in [1.807, 2.05) is 0 Å². The third-order valence-electron chi connectivity index (χ3n) is 11.6. The van der Waals surface area contributed by atoms with Crippen molar-refractivity contribution in [2.24, 2.45) is 45.3 Å². The number of fused-ring (bicyclic) bond motifs is 7. The molecular weight excluding hydrogens is 444 g/mol. The van der Waals surface area contributed by atoms with Crippen LogP contribution in [-0.4, -0.2) is 35.5 Å². The summed E-state index contributed by atoms with van der Waals surface area (Å²) < 4.78 is 17.4. The molecule has 0 saturated heterocycles. The lowest BCUT2D eigenvalue weighted by Crippen LogP contribution is -2.68. The normalized spacial score (nSPS) is 49.8. The van der Waals surface area contributed by atoms with Crippen LogP contribution in [0.25, 0.3) is 0 Å². The molecule has 0 amide bonds. The number of hydrogen-bond donors (Lipinski definition) is 1. The van der Waals surface area contributed by atoms with Gasteiger partial charge in [-0.1, -0.05) is 41.0 Å². The van der Waals surface area contributed by atoms with Crippen LogP contribution in [0.5, 0.6) is 0 Å². The van der Waals surface area contributed by atoms with Gasteiger partial charge in [-0.3, -0.25) is 9.59 Å². The van der Waals surface area contributed by atoms with Crippen LogP contribution in [0.4, 0.5) is 0 Å². The Kier molecular flexibility index (Phi) is 5.71. The summed E-state index contributed by atoms with van der Waals surface area (Å²) in [5.74, 6) is 0.0707. The highest BCUT2D eigenvalue weighted by Crippen LogP contribution is 2.74. The second-order valence-electron chi connectivity index (χ2n) is 13.7. The minimum atomic E-state index is -0.802. The van der Waals surface area contributed by atoms with E-state index >= 15 is 0 Å².